The Labute approximate surface area is 129 Å². The second-order valence-electron chi connectivity index (χ2n) is 5.90. The highest BCUT2D eigenvalue weighted by molar-refractivity contribution is 7.15. The second-order valence-corrected chi connectivity index (χ2v) is 6.96. The number of anilines is 2. The predicted molar refractivity (Wildman–Crippen MR) is 85.8 cm³/mol. The van der Waals surface area contributed by atoms with Crippen LogP contribution in [0.15, 0.2) is 24.3 Å². The smallest absolute Gasteiger partial charge is 0.190 e. The van der Waals surface area contributed by atoms with Crippen LogP contribution in [0, 0.1) is 5.82 Å². The highest BCUT2D eigenvalue weighted by Crippen LogP contribution is 2.36. The van der Waals surface area contributed by atoms with Crippen LogP contribution in [0.5, 0.6) is 0 Å². The molecule has 0 aliphatic rings. The molecule has 21 heavy (non-hydrogen) atoms. The van der Waals surface area contributed by atoms with Crippen LogP contribution < -0.4 is 4.90 Å². The third kappa shape index (κ3) is 3.41. The monoisotopic (exact) mass is 308 g/mol. The number of halogens is 1. The van der Waals surface area contributed by atoms with E-state index in [1.807, 2.05) is 17.9 Å². The van der Waals surface area contributed by atoms with Crippen molar-refractivity contribution in [1.82, 2.24) is 4.98 Å². The minimum Gasteiger partial charge on any atom is -0.391 e. The normalized spacial score (nSPS) is 11.7. The first-order valence-corrected chi connectivity index (χ1v) is 7.82. The lowest BCUT2D eigenvalue weighted by Crippen LogP contribution is -2.18. The maximum atomic E-state index is 13.4. The van der Waals surface area contributed by atoms with Crippen molar-refractivity contribution in [1.29, 1.82) is 0 Å². The Morgan fingerprint density at radius 3 is 2.52 bits per heavy atom. The van der Waals surface area contributed by atoms with Crippen molar-refractivity contribution >= 4 is 22.2 Å². The van der Waals surface area contributed by atoms with Crippen LogP contribution in [-0.2, 0) is 12.0 Å². The van der Waals surface area contributed by atoms with Crippen molar-refractivity contribution in [2.24, 2.45) is 0 Å². The number of hydrogen-bond donors (Lipinski definition) is 1. The van der Waals surface area contributed by atoms with E-state index in [4.69, 9.17) is 4.98 Å². The Balaban J connectivity index is 2.46. The van der Waals surface area contributed by atoms with Gasteiger partial charge in [0.15, 0.2) is 5.13 Å². The van der Waals surface area contributed by atoms with Gasteiger partial charge in [-0.2, -0.15) is 0 Å². The standard InChI is InChI=1S/C16H21FN2OS/c1-5-19(12-8-6-7-11(17)9-12)15-18-14(16(2,3)4)13(10-20)21-15/h6-9,20H,5,10H2,1-4H3. The molecule has 1 N–H and O–H groups in total. The summed E-state index contributed by atoms with van der Waals surface area (Å²) in [5, 5.41) is 10.3. The third-order valence-electron chi connectivity index (χ3n) is 3.21. The molecular formula is C16H21FN2OS. The van der Waals surface area contributed by atoms with Crippen LogP contribution in [0.3, 0.4) is 0 Å². The Morgan fingerprint density at radius 1 is 1.33 bits per heavy atom. The molecule has 0 unspecified atom stereocenters. The molecule has 0 spiro atoms. The van der Waals surface area contributed by atoms with E-state index in [0.29, 0.717) is 6.54 Å². The summed E-state index contributed by atoms with van der Waals surface area (Å²) in [4.78, 5) is 7.52. The Kier molecular flexibility index (Phi) is 4.64. The number of aromatic nitrogens is 1. The predicted octanol–water partition coefficient (Wildman–Crippen LogP) is 4.23. The second kappa shape index (κ2) is 6.12. The average Bonchev–Trinajstić information content (AvgIpc) is 2.84. The summed E-state index contributed by atoms with van der Waals surface area (Å²) in [7, 11) is 0. The average molecular weight is 308 g/mol. The molecular weight excluding hydrogens is 287 g/mol. The van der Waals surface area contributed by atoms with Gasteiger partial charge in [-0.1, -0.05) is 38.2 Å². The van der Waals surface area contributed by atoms with Crippen molar-refractivity contribution in [3.63, 3.8) is 0 Å². The van der Waals surface area contributed by atoms with Crippen LogP contribution in [0.2, 0.25) is 0 Å². The van der Waals surface area contributed by atoms with E-state index >= 15 is 0 Å². The van der Waals surface area contributed by atoms with E-state index in [2.05, 4.69) is 20.8 Å². The van der Waals surface area contributed by atoms with Gasteiger partial charge in [-0.15, -0.1) is 0 Å². The molecule has 114 valence electrons. The maximum absolute atomic E-state index is 13.4. The van der Waals surface area contributed by atoms with Crippen LogP contribution in [0.1, 0.15) is 38.3 Å². The van der Waals surface area contributed by atoms with E-state index in [-0.39, 0.29) is 17.8 Å². The maximum Gasteiger partial charge on any atom is 0.190 e. The fourth-order valence-corrected chi connectivity index (χ4v) is 3.44. The number of hydrogen-bond acceptors (Lipinski definition) is 4. The first-order valence-electron chi connectivity index (χ1n) is 7.01. The molecule has 5 heteroatoms. The number of benzene rings is 1. The number of nitrogens with zero attached hydrogens (tertiary/aromatic N) is 2. The number of thiazole rings is 1. The SMILES string of the molecule is CCN(c1cccc(F)c1)c1nc(C(C)(C)C)c(CO)s1. The van der Waals surface area contributed by atoms with Crippen molar-refractivity contribution in [2.75, 3.05) is 11.4 Å². The molecule has 1 aromatic carbocycles. The summed E-state index contributed by atoms with van der Waals surface area (Å²) in [6.07, 6.45) is 0. The summed E-state index contributed by atoms with van der Waals surface area (Å²) >= 11 is 1.46. The van der Waals surface area contributed by atoms with E-state index in [0.717, 1.165) is 21.4 Å². The van der Waals surface area contributed by atoms with Gasteiger partial charge in [-0.3, -0.25) is 0 Å². The molecule has 0 atom stereocenters. The van der Waals surface area contributed by atoms with Crippen LogP contribution in [0.4, 0.5) is 15.2 Å². The fourth-order valence-electron chi connectivity index (χ4n) is 2.22. The van der Waals surface area contributed by atoms with Gasteiger partial charge in [-0.05, 0) is 25.1 Å². The van der Waals surface area contributed by atoms with Gasteiger partial charge in [-0.25, -0.2) is 9.37 Å². The molecule has 0 aliphatic carbocycles. The molecule has 0 fully saturated rings. The van der Waals surface area contributed by atoms with Gasteiger partial charge in [0, 0.05) is 17.6 Å². The molecule has 0 saturated heterocycles. The fraction of sp³-hybridized carbons (Fsp3) is 0.438. The molecule has 2 rings (SSSR count). The topological polar surface area (TPSA) is 36.4 Å². The molecule has 0 amide bonds. The highest BCUT2D eigenvalue weighted by atomic mass is 32.1. The van der Waals surface area contributed by atoms with Crippen molar-refractivity contribution in [3.8, 4) is 0 Å². The largest absolute Gasteiger partial charge is 0.391 e. The zero-order valence-electron chi connectivity index (χ0n) is 12.9. The summed E-state index contributed by atoms with van der Waals surface area (Å²) in [6, 6.07) is 6.49. The highest BCUT2D eigenvalue weighted by Gasteiger charge is 2.24. The van der Waals surface area contributed by atoms with Crippen LogP contribution >= 0.6 is 11.3 Å². The first kappa shape index (κ1) is 15.9. The van der Waals surface area contributed by atoms with Crippen molar-refractivity contribution < 1.29 is 9.50 Å². The van der Waals surface area contributed by atoms with E-state index < -0.39 is 0 Å². The third-order valence-corrected chi connectivity index (χ3v) is 4.27. The number of aliphatic hydroxyl groups is 1. The van der Waals surface area contributed by atoms with Crippen molar-refractivity contribution in [2.45, 2.75) is 39.7 Å². The lowest BCUT2D eigenvalue weighted by Gasteiger charge is -2.20. The summed E-state index contributed by atoms with van der Waals surface area (Å²) < 4.78 is 13.4. The Morgan fingerprint density at radius 2 is 2.05 bits per heavy atom. The van der Waals surface area contributed by atoms with E-state index in [1.54, 1.807) is 6.07 Å². The van der Waals surface area contributed by atoms with Gasteiger partial charge < -0.3 is 10.0 Å². The van der Waals surface area contributed by atoms with E-state index in [1.165, 1.54) is 23.5 Å². The molecule has 1 aromatic heterocycles. The summed E-state index contributed by atoms with van der Waals surface area (Å²) in [6.45, 7) is 8.88. The Hall–Kier alpha value is -1.46. The molecule has 2 aromatic rings. The minimum absolute atomic E-state index is 0.0228. The summed E-state index contributed by atoms with van der Waals surface area (Å²) in [5.41, 5.74) is 1.55. The molecule has 1 heterocycles. The number of rotatable bonds is 4. The van der Waals surface area contributed by atoms with Crippen LogP contribution in [0.25, 0.3) is 0 Å². The molecule has 3 nitrogen and oxygen atoms in total. The molecule has 0 saturated carbocycles. The molecule has 0 aliphatic heterocycles. The van der Waals surface area contributed by atoms with Gasteiger partial charge in [0.1, 0.15) is 5.82 Å². The van der Waals surface area contributed by atoms with Crippen LogP contribution in [-0.4, -0.2) is 16.6 Å². The zero-order valence-corrected chi connectivity index (χ0v) is 13.7. The number of aliphatic hydroxyl groups excluding tert-OH is 1. The van der Waals surface area contributed by atoms with Gasteiger partial charge >= 0.3 is 0 Å². The lowest BCUT2D eigenvalue weighted by atomic mass is 9.91. The quantitative estimate of drug-likeness (QED) is 0.918. The molecule has 0 radical (unpaired) electrons. The van der Waals surface area contributed by atoms with E-state index in [9.17, 15) is 9.50 Å². The van der Waals surface area contributed by atoms with Gasteiger partial charge in [0.2, 0.25) is 0 Å². The lowest BCUT2D eigenvalue weighted by molar-refractivity contribution is 0.282. The Bertz CT molecular complexity index is 619. The van der Waals surface area contributed by atoms with Crippen molar-refractivity contribution in [3.05, 3.63) is 40.7 Å². The molecule has 0 bridgehead atoms. The first-order chi connectivity index (χ1) is 9.86. The zero-order chi connectivity index (χ0) is 15.6. The van der Waals surface area contributed by atoms with Gasteiger partial charge in [0.05, 0.1) is 17.2 Å². The summed E-state index contributed by atoms with van der Waals surface area (Å²) in [5.74, 6) is -0.263. The van der Waals surface area contributed by atoms with Gasteiger partial charge in [0.25, 0.3) is 0 Å². The minimum atomic E-state index is -0.263.